The molecule has 0 radical (unpaired) electrons. The topological polar surface area (TPSA) is 35.5 Å². The van der Waals surface area contributed by atoms with Crippen molar-refractivity contribution in [2.75, 3.05) is 6.61 Å². The van der Waals surface area contributed by atoms with E-state index < -0.39 is 0 Å². The van der Waals surface area contributed by atoms with Crippen LogP contribution in [-0.4, -0.2) is 24.8 Å². The van der Waals surface area contributed by atoms with Crippen molar-refractivity contribution in [1.82, 2.24) is 0 Å². The molecule has 4 saturated carbocycles. The lowest BCUT2D eigenvalue weighted by molar-refractivity contribution is -0.211. The maximum Gasteiger partial charge on any atom is 0.157 e. The summed E-state index contributed by atoms with van der Waals surface area (Å²) in [6.07, 6.45) is 17.4. The van der Waals surface area contributed by atoms with Crippen LogP contribution < -0.4 is 0 Å². The van der Waals surface area contributed by atoms with Gasteiger partial charge in [-0.25, -0.2) is 0 Å². The first kappa shape index (κ1) is 26.2. The van der Waals surface area contributed by atoms with Crippen LogP contribution in [0, 0.1) is 52.3 Å². The van der Waals surface area contributed by atoms with Gasteiger partial charge < -0.3 is 9.47 Å². The van der Waals surface area contributed by atoms with E-state index in [-0.39, 0.29) is 12.4 Å². The van der Waals surface area contributed by atoms with E-state index in [4.69, 9.17) is 9.47 Å². The first-order valence-electron chi connectivity index (χ1n) is 15.5. The van der Waals surface area contributed by atoms with E-state index in [1.54, 1.807) is 0 Å². The summed E-state index contributed by atoms with van der Waals surface area (Å²) in [4.78, 5) is 13.9. The van der Waals surface area contributed by atoms with Crippen LogP contribution in [0.2, 0.25) is 0 Å². The molecule has 1 saturated heterocycles. The maximum absolute atomic E-state index is 13.9. The SMILES string of the molecule is CC(C)CCC[C@@H](C)[C@H]1CC[C@H]2[C@@H]3C(=O)CC4C[C@@H](OC5CCCCO5)CC[C@]4(C)[C@H]3CC[C@]12C. The lowest BCUT2D eigenvalue weighted by Gasteiger charge is -2.60. The lowest BCUT2D eigenvalue weighted by atomic mass is 9.44. The summed E-state index contributed by atoms with van der Waals surface area (Å²) < 4.78 is 12.3. The molecule has 0 aromatic carbocycles. The minimum Gasteiger partial charge on any atom is -0.353 e. The molecule has 35 heavy (non-hydrogen) atoms. The molecular weight excluding hydrogens is 432 g/mol. The van der Waals surface area contributed by atoms with Gasteiger partial charge in [-0.2, -0.15) is 0 Å². The molecular formula is C32H54O3. The van der Waals surface area contributed by atoms with Crippen molar-refractivity contribution in [3.8, 4) is 0 Å². The first-order chi connectivity index (χ1) is 16.7. The minimum absolute atomic E-state index is 0.00140. The van der Waals surface area contributed by atoms with E-state index in [0.29, 0.717) is 40.3 Å². The zero-order chi connectivity index (χ0) is 24.8. The van der Waals surface area contributed by atoms with Crippen LogP contribution in [0.4, 0.5) is 0 Å². The van der Waals surface area contributed by atoms with Gasteiger partial charge in [0.2, 0.25) is 0 Å². The van der Waals surface area contributed by atoms with Crippen LogP contribution in [0.1, 0.15) is 125 Å². The zero-order valence-electron chi connectivity index (χ0n) is 23.5. The van der Waals surface area contributed by atoms with E-state index in [0.717, 1.165) is 50.0 Å². The van der Waals surface area contributed by atoms with Crippen LogP contribution >= 0.6 is 0 Å². The molecule has 0 aromatic heterocycles. The summed E-state index contributed by atoms with van der Waals surface area (Å²) in [6.45, 7) is 13.2. The van der Waals surface area contributed by atoms with Gasteiger partial charge in [0.1, 0.15) is 5.78 Å². The highest BCUT2D eigenvalue weighted by atomic mass is 16.7. The van der Waals surface area contributed by atoms with Crippen LogP contribution in [-0.2, 0) is 14.3 Å². The van der Waals surface area contributed by atoms with Crippen LogP contribution in [0.3, 0.4) is 0 Å². The molecule has 3 heteroatoms. The van der Waals surface area contributed by atoms with Crippen molar-refractivity contribution in [3.63, 3.8) is 0 Å². The van der Waals surface area contributed by atoms with Gasteiger partial charge in [0.25, 0.3) is 0 Å². The molecule has 5 rings (SSSR count). The van der Waals surface area contributed by atoms with E-state index in [2.05, 4.69) is 34.6 Å². The second-order valence-electron chi connectivity index (χ2n) is 14.5. The van der Waals surface area contributed by atoms with Crippen LogP contribution in [0.5, 0.6) is 0 Å². The van der Waals surface area contributed by atoms with Crippen molar-refractivity contribution in [1.29, 1.82) is 0 Å². The summed E-state index contributed by atoms with van der Waals surface area (Å²) in [7, 11) is 0. The number of Topliss-reactive ketones (excluding diaryl/α,β-unsaturated/α-hetero) is 1. The third-order valence-electron chi connectivity index (χ3n) is 12.1. The predicted octanol–water partition coefficient (Wildman–Crippen LogP) is 8.20. The third-order valence-corrected chi connectivity index (χ3v) is 12.1. The number of fused-ring (bicyclic) bond motifs is 5. The standard InChI is InChI=1S/C32H54O3/c1-21(2)9-8-10-22(3)25-12-13-26-30-27(15-17-32(25,26)5)31(4)16-14-24(19-23(31)20-28(30)33)35-29-11-6-7-18-34-29/h21-27,29-30H,6-20H2,1-5H3/t22-,23?,24+,25-,26+,27+,29?,30+,31+,32-/m1/s1. The Bertz CT molecular complexity index is 741. The van der Waals surface area contributed by atoms with Crippen molar-refractivity contribution in [3.05, 3.63) is 0 Å². The Kier molecular flexibility index (Phi) is 7.78. The van der Waals surface area contributed by atoms with Crippen molar-refractivity contribution >= 4 is 5.78 Å². The highest BCUT2D eigenvalue weighted by Crippen LogP contribution is 2.67. The van der Waals surface area contributed by atoms with Crippen molar-refractivity contribution in [2.45, 2.75) is 137 Å². The predicted molar refractivity (Wildman–Crippen MR) is 142 cm³/mol. The fourth-order valence-corrected chi connectivity index (χ4v) is 10.1. The highest BCUT2D eigenvalue weighted by Gasteiger charge is 2.63. The molecule has 5 fully saturated rings. The number of hydrogen-bond donors (Lipinski definition) is 0. The highest BCUT2D eigenvalue weighted by molar-refractivity contribution is 5.83. The Morgan fingerprint density at radius 1 is 0.943 bits per heavy atom. The Labute approximate surface area is 215 Å². The number of ether oxygens (including phenoxy) is 2. The number of ketones is 1. The number of hydrogen-bond acceptors (Lipinski definition) is 3. The van der Waals surface area contributed by atoms with Gasteiger partial charge >= 0.3 is 0 Å². The second kappa shape index (κ2) is 10.4. The number of carbonyl (C=O) groups excluding carboxylic acids is 1. The second-order valence-corrected chi connectivity index (χ2v) is 14.5. The average molecular weight is 487 g/mol. The molecule has 0 N–H and O–H groups in total. The van der Waals surface area contributed by atoms with Gasteiger partial charge in [0, 0.05) is 18.9 Å². The summed E-state index contributed by atoms with van der Waals surface area (Å²) in [5.41, 5.74) is 0.712. The molecule has 0 spiro atoms. The Morgan fingerprint density at radius 2 is 1.71 bits per heavy atom. The van der Waals surface area contributed by atoms with Crippen molar-refractivity contribution in [2.24, 2.45) is 52.3 Å². The van der Waals surface area contributed by atoms with E-state index in [9.17, 15) is 4.79 Å². The minimum atomic E-state index is -0.00140. The molecule has 200 valence electrons. The molecule has 0 aromatic rings. The molecule has 10 atom stereocenters. The molecule has 0 bridgehead atoms. The first-order valence-corrected chi connectivity index (χ1v) is 15.5. The quantitative estimate of drug-likeness (QED) is 0.340. The van der Waals surface area contributed by atoms with E-state index >= 15 is 0 Å². The van der Waals surface area contributed by atoms with Gasteiger partial charge in [-0.1, -0.05) is 53.9 Å². The van der Waals surface area contributed by atoms with Crippen LogP contribution in [0.25, 0.3) is 0 Å². The fourth-order valence-electron chi connectivity index (χ4n) is 10.1. The fraction of sp³-hybridized carbons (Fsp3) is 0.969. The molecule has 3 nitrogen and oxygen atoms in total. The maximum atomic E-state index is 13.9. The molecule has 0 amide bonds. The van der Waals surface area contributed by atoms with Gasteiger partial charge in [-0.15, -0.1) is 0 Å². The van der Waals surface area contributed by atoms with E-state index in [1.807, 2.05) is 0 Å². The summed E-state index contributed by atoms with van der Waals surface area (Å²) in [5, 5.41) is 0. The van der Waals surface area contributed by atoms with Gasteiger partial charge in [0.05, 0.1) is 6.10 Å². The van der Waals surface area contributed by atoms with Gasteiger partial charge in [-0.3, -0.25) is 4.79 Å². The molecule has 2 unspecified atom stereocenters. The molecule has 1 aliphatic heterocycles. The molecule has 4 aliphatic carbocycles. The normalized spacial score (nSPS) is 46.7. The Morgan fingerprint density at radius 3 is 2.46 bits per heavy atom. The number of carbonyl (C=O) groups is 1. The smallest absolute Gasteiger partial charge is 0.157 e. The largest absolute Gasteiger partial charge is 0.353 e. The Hall–Kier alpha value is -0.410. The number of rotatable bonds is 7. The van der Waals surface area contributed by atoms with Gasteiger partial charge in [0.15, 0.2) is 6.29 Å². The van der Waals surface area contributed by atoms with Crippen molar-refractivity contribution < 1.29 is 14.3 Å². The summed E-state index contributed by atoms with van der Waals surface area (Å²) >= 11 is 0. The molecule has 5 aliphatic rings. The summed E-state index contributed by atoms with van der Waals surface area (Å²) in [5.74, 6) is 5.14. The van der Waals surface area contributed by atoms with Gasteiger partial charge in [-0.05, 0) is 111 Å². The average Bonchev–Trinajstić information content (AvgIpc) is 3.17. The van der Waals surface area contributed by atoms with Crippen LogP contribution in [0.15, 0.2) is 0 Å². The molecule has 1 heterocycles. The summed E-state index contributed by atoms with van der Waals surface area (Å²) in [6, 6.07) is 0. The lowest BCUT2D eigenvalue weighted by Crippen LogP contribution is -2.57. The monoisotopic (exact) mass is 486 g/mol. The third kappa shape index (κ3) is 4.91. The Balaban J connectivity index is 1.25. The van der Waals surface area contributed by atoms with E-state index in [1.165, 1.54) is 64.2 Å². The zero-order valence-corrected chi connectivity index (χ0v) is 23.5.